The number of methoxy groups -OCH3 is 1. The van der Waals surface area contributed by atoms with Crippen LogP contribution in [0.5, 0.6) is 5.88 Å². The molecule has 0 spiro atoms. The number of hydrogen-bond acceptors (Lipinski definition) is 8. The maximum Gasteiger partial charge on any atom is 0.256 e. The minimum absolute atomic E-state index is 0.0252. The van der Waals surface area contributed by atoms with Gasteiger partial charge >= 0.3 is 0 Å². The van der Waals surface area contributed by atoms with E-state index >= 15 is 0 Å². The summed E-state index contributed by atoms with van der Waals surface area (Å²) >= 11 is 0. The van der Waals surface area contributed by atoms with E-state index in [1.54, 1.807) is 18.0 Å². The van der Waals surface area contributed by atoms with Crippen LogP contribution < -0.4 is 15.4 Å². The van der Waals surface area contributed by atoms with Gasteiger partial charge < -0.3 is 20.3 Å². The molecule has 3 aromatic rings. The maximum absolute atomic E-state index is 13.2. The molecular weight excluding hydrogens is 468 g/mol. The number of aromatic nitrogens is 4. The molecule has 1 saturated heterocycles. The van der Waals surface area contributed by atoms with Crippen LogP contribution in [0.25, 0.3) is 5.57 Å². The van der Waals surface area contributed by atoms with Gasteiger partial charge in [0, 0.05) is 50.2 Å². The Hall–Kier alpha value is -3.76. The van der Waals surface area contributed by atoms with Crippen molar-refractivity contribution in [3.8, 4) is 5.88 Å². The van der Waals surface area contributed by atoms with Gasteiger partial charge in [0.1, 0.15) is 5.69 Å². The summed E-state index contributed by atoms with van der Waals surface area (Å²) in [6.45, 7) is 7.01. The van der Waals surface area contributed by atoms with Gasteiger partial charge in [0.2, 0.25) is 11.9 Å². The summed E-state index contributed by atoms with van der Waals surface area (Å²) in [5, 5.41) is 10.7. The molecule has 2 aromatic heterocycles. The first-order chi connectivity index (χ1) is 17.8. The second kappa shape index (κ2) is 10.3. The van der Waals surface area contributed by atoms with Crippen LogP contribution >= 0.6 is 0 Å². The standard InChI is InChI=1S/C27H34N8O2/c1-17-15-33(3)13-14-35(17)18(2)25(36)29-22-8-6-7-19-20(22)9-10-21(19)23-11-12-28-27(30-23)31-24-16-34(4)32-26(24)37-5/h6-8,10-12,16-18H,9,13-15H2,1-5H3,(H,29,36)(H,28,30,31)/t17-,18+/m0/s1. The number of allylic oxidation sites excluding steroid dienone is 1. The first-order valence-corrected chi connectivity index (χ1v) is 12.6. The molecule has 194 valence electrons. The normalized spacial score (nSPS) is 18.7. The summed E-state index contributed by atoms with van der Waals surface area (Å²) < 4.78 is 6.99. The second-order valence-corrected chi connectivity index (χ2v) is 9.78. The molecule has 37 heavy (non-hydrogen) atoms. The monoisotopic (exact) mass is 502 g/mol. The topological polar surface area (TPSA) is 100 Å². The molecule has 1 aromatic carbocycles. The third-order valence-corrected chi connectivity index (χ3v) is 7.16. The van der Waals surface area contributed by atoms with Crippen LogP contribution in [0.2, 0.25) is 0 Å². The summed E-state index contributed by atoms with van der Waals surface area (Å²) in [7, 11) is 5.53. The Balaban J connectivity index is 1.33. The third-order valence-electron chi connectivity index (χ3n) is 7.16. The smallest absolute Gasteiger partial charge is 0.256 e. The van der Waals surface area contributed by atoms with Gasteiger partial charge in [0.05, 0.1) is 25.0 Å². The first-order valence-electron chi connectivity index (χ1n) is 12.6. The zero-order chi connectivity index (χ0) is 26.1. The van der Waals surface area contributed by atoms with Gasteiger partial charge in [0.15, 0.2) is 0 Å². The van der Waals surface area contributed by atoms with Crippen molar-refractivity contribution < 1.29 is 9.53 Å². The van der Waals surface area contributed by atoms with Crippen LogP contribution in [0.3, 0.4) is 0 Å². The Labute approximate surface area is 217 Å². The van der Waals surface area contributed by atoms with Gasteiger partial charge in [-0.2, -0.15) is 0 Å². The van der Waals surface area contributed by atoms with Crippen molar-refractivity contribution in [1.29, 1.82) is 0 Å². The number of likely N-dealkylation sites (N-methyl/N-ethyl adjacent to an activating group) is 1. The fourth-order valence-electron chi connectivity index (χ4n) is 5.24. The van der Waals surface area contributed by atoms with Crippen molar-refractivity contribution in [1.82, 2.24) is 29.5 Å². The molecule has 1 aliphatic heterocycles. The summed E-state index contributed by atoms with van der Waals surface area (Å²) in [6, 6.07) is 8.08. The number of benzene rings is 1. The molecule has 0 radical (unpaired) electrons. The lowest BCUT2D eigenvalue weighted by molar-refractivity contribution is -0.122. The highest BCUT2D eigenvalue weighted by Gasteiger charge is 2.30. The summed E-state index contributed by atoms with van der Waals surface area (Å²) in [5.74, 6) is 0.956. The number of nitrogens with zero attached hydrogens (tertiary/aromatic N) is 6. The van der Waals surface area contributed by atoms with E-state index < -0.39 is 0 Å². The van der Waals surface area contributed by atoms with Crippen molar-refractivity contribution >= 4 is 28.8 Å². The Bertz CT molecular complexity index is 1330. The van der Waals surface area contributed by atoms with Crippen LogP contribution in [0.4, 0.5) is 17.3 Å². The van der Waals surface area contributed by atoms with Crippen LogP contribution in [0, 0.1) is 0 Å². The van der Waals surface area contributed by atoms with Crippen LogP contribution in [0.15, 0.2) is 42.7 Å². The van der Waals surface area contributed by atoms with Crippen molar-refractivity contribution in [3.63, 3.8) is 0 Å². The number of anilines is 3. The molecule has 2 N–H and O–H groups in total. The zero-order valence-electron chi connectivity index (χ0n) is 22.0. The average Bonchev–Trinajstić information content (AvgIpc) is 3.47. The van der Waals surface area contributed by atoms with Gasteiger partial charge in [-0.05, 0) is 50.6 Å². The fraction of sp³-hybridized carbons (Fsp3) is 0.407. The quantitative estimate of drug-likeness (QED) is 0.509. The SMILES string of the molecule is COc1nn(C)cc1Nc1nccc(C2=CCc3c(NC(=O)[C@@H](C)N4CCN(C)C[C@@H]4C)cccc32)n1. The van der Waals surface area contributed by atoms with Gasteiger partial charge in [-0.15, -0.1) is 5.10 Å². The van der Waals surface area contributed by atoms with E-state index in [9.17, 15) is 4.79 Å². The lowest BCUT2D eigenvalue weighted by Gasteiger charge is -2.41. The Morgan fingerprint density at radius 3 is 2.81 bits per heavy atom. The molecular formula is C27H34N8O2. The summed E-state index contributed by atoms with van der Waals surface area (Å²) in [6.07, 6.45) is 6.43. The number of piperazine rings is 1. The van der Waals surface area contributed by atoms with E-state index in [0.717, 1.165) is 54.1 Å². The predicted octanol–water partition coefficient (Wildman–Crippen LogP) is 2.91. The van der Waals surface area contributed by atoms with E-state index in [2.05, 4.69) is 56.6 Å². The first kappa shape index (κ1) is 24.9. The molecule has 1 aliphatic carbocycles. The number of fused-ring (bicyclic) bond motifs is 1. The van der Waals surface area contributed by atoms with E-state index in [-0.39, 0.29) is 11.9 Å². The minimum Gasteiger partial charge on any atom is -0.478 e. The van der Waals surface area contributed by atoms with Gasteiger partial charge in [0.25, 0.3) is 5.88 Å². The summed E-state index contributed by atoms with van der Waals surface area (Å²) in [5.41, 5.74) is 5.55. The molecule has 0 unspecified atom stereocenters. The number of hydrogen-bond donors (Lipinski definition) is 2. The molecule has 2 aliphatic rings. The third kappa shape index (κ3) is 5.07. The molecule has 10 nitrogen and oxygen atoms in total. The van der Waals surface area contributed by atoms with E-state index in [1.165, 1.54) is 0 Å². The number of carbonyl (C=O) groups excluding carboxylic acids is 1. The van der Waals surface area contributed by atoms with Crippen molar-refractivity contribution in [2.45, 2.75) is 32.4 Å². The lowest BCUT2D eigenvalue weighted by atomic mass is 10.0. The predicted molar refractivity (Wildman–Crippen MR) is 144 cm³/mol. The Morgan fingerprint density at radius 2 is 2.03 bits per heavy atom. The van der Waals surface area contributed by atoms with Crippen LogP contribution in [-0.4, -0.2) is 81.3 Å². The maximum atomic E-state index is 13.2. The minimum atomic E-state index is -0.201. The Kier molecular flexibility index (Phi) is 6.94. The van der Waals surface area contributed by atoms with Crippen molar-refractivity contribution in [3.05, 3.63) is 59.6 Å². The van der Waals surface area contributed by atoms with Gasteiger partial charge in [-0.3, -0.25) is 14.4 Å². The molecule has 0 bridgehead atoms. The fourth-order valence-corrected chi connectivity index (χ4v) is 5.24. The number of ether oxygens (including phenoxy) is 1. The van der Waals surface area contributed by atoms with Crippen LogP contribution in [0.1, 0.15) is 30.7 Å². The number of nitrogens with one attached hydrogen (secondary N) is 2. The molecule has 1 amide bonds. The summed E-state index contributed by atoms with van der Waals surface area (Å²) in [4.78, 5) is 26.9. The molecule has 2 atom stereocenters. The van der Waals surface area contributed by atoms with Gasteiger partial charge in [-0.25, -0.2) is 9.97 Å². The Morgan fingerprint density at radius 1 is 1.19 bits per heavy atom. The van der Waals surface area contributed by atoms with Gasteiger partial charge in [-0.1, -0.05) is 18.2 Å². The van der Waals surface area contributed by atoms with E-state index in [4.69, 9.17) is 9.72 Å². The van der Waals surface area contributed by atoms with Crippen molar-refractivity contribution in [2.24, 2.45) is 7.05 Å². The molecule has 3 heterocycles. The number of aryl methyl sites for hydroxylation is 1. The number of rotatable bonds is 7. The highest BCUT2D eigenvalue weighted by atomic mass is 16.5. The number of carbonyl (C=O) groups is 1. The molecule has 0 saturated carbocycles. The van der Waals surface area contributed by atoms with Crippen molar-refractivity contribution in [2.75, 3.05) is 44.4 Å². The molecule has 10 heteroatoms. The largest absolute Gasteiger partial charge is 0.478 e. The zero-order valence-corrected chi connectivity index (χ0v) is 22.0. The van der Waals surface area contributed by atoms with E-state index in [0.29, 0.717) is 23.6 Å². The molecule has 1 fully saturated rings. The lowest BCUT2D eigenvalue weighted by Crippen LogP contribution is -2.56. The highest BCUT2D eigenvalue weighted by molar-refractivity contribution is 5.97. The second-order valence-electron chi connectivity index (χ2n) is 9.78. The number of amides is 1. The average molecular weight is 503 g/mol. The highest BCUT2D eigenvalue weighted by Crippen LogP contribution is 2.36. The van der Waals surface area contributed by atoms with Crippen LogP contribution in [-0.2, 0) is 18.3 Å². The molecule has 5 rings (SSSR count). The van der Waals surface area contributed by atoms with E-state index in [1.807, 2.05) is 38.4 Å².